The molecule has 1 aliphatic rings. The zero-order valence-electron chi connectivity index (χ0n) is 13.9. The predicted octanol–water partition coefficient (Wildman–Crippen LogP) is 2.34. The van der Waals surface area contributed by atoms with E-state index >= 15 is 0 Å². The van der Waals surface area contributed by atoms with Crippen molar-refractivity contribution in [2.75, 3.05) is 26.2 Å². The van der Waals surface area contributed by atoms with E-state index in [0.29, 0.717) is 0 Å². The molecule has 1 amide bonds. The molecule has 1 fully saturated rings. The number of fused-ring (bicyclic) bond motifs is 1. The molecule has 1 aliphatic heterocycles. The van der Waals surface area contributed by atoms with Gasteiger partial charge in [0.15, 0.2) is 0 Å². The van der Waals surface area contributed by atoms with E-state index in [9.17, 15) is 4.79 Å². The Morgan fingerprint density at radius 2 is 2.00 bits per heavy atom. The zero-order valence-corrected chi connectivity index (χ0v) is 13.9. The molecule has 0 radical (unpaired) electrons. The number of carbonyl (C=O) groups is 1. The summed E-state index contributed by atoms with van der Waals surface area (Å²) in [5, 5.41) is 8.61. The Labute approximate surface area is 137 Å². The van der Waals surface area contributed by atoms with Crippen LogP contribution in [-0.4, -0.2) is 46.8 Å². The molecule has 0 unspecified atom stereocenters. The molecule has 1 N–H and O–H groups in total. The molecule has 0 aliphatic carbocycles. The number of para-hydroxylation sites is 1. The number of nitrogens with zero attached hydrogens (tertiary/aromatic N) is 3. The quantitative estimate of drug-likeness (QED) is 0.833. The first-order valence-corrected chi connectivity index (χ1v) is 8.65. The topological polar surface area (TPSA) is 50.2 Å². The second-order valence-electron chi connectivity index (χ2n) is 6.37. The Balaban J connectivity index is 1.45. The zero-order chi connectivity index (χ0) is 16.1. The van der Waals surface area contributed by atoms with Crippen molar-refractivity contribution >= 4 is 16.8 Å². The van der Waals surface area contributed by atoms with E-state index in [1.54, 1.807) is 4.68 Å². The predicted molar refractivity (Wildman–Crippen MR) is 92.4 cm³/mol. The average Bonchev–Trinajstić information content (AvgIpc) is 2.89. The molecule has 2 heterocycles. The highest BCUT2D eigenvalue weighted by Gasteiger charge is 2.11. The monoisotopic (exact) mass is 314 g/mol. The highest BCUT2D eigenvalue weighted by atomic mass is 16.2. The van der Waals surface area contributed by atoms with Crippen molar-refractivity contribution in [2.24, 2.45) is 0 Å². The summed E-state index contributed by atoms with van der Waals surface area (Å²) in [6.07, 6.45) is 5.02. The van der Waals surface area contributed by atoms with E-state index in [1.165, 1.54) is 32.4 Å². The first-order valence-electron chi connectivity index (χ1n) is 8.65. The van der Waals surface area contributed by atoms with Crippen LogP contribution in [0.5, 0.6) is 0 Å². The summed E-state index contributed by atoms with van der Waals surface area (Å²) >= 11 is 0. The number of aromatic nitrogens is 2. The number of hydrogen-bond acceptors (Lipinski definition) is 3. The third kappa shape index (κ3) is 4.10. The molecule has 0 bridgehead atoms. The smallest absolute Gasteiger partial charge is 0.241 e. The van der Waals surface area contributed by atoms with Gasteiger partial charge < -0.3 is 10.2 Å². The number of nitrogens with one attached hydrogen (secondary N) is 1. The van der Waals surface area contributed by atoms with Gasteiger partial charge in [-0.1, -0.05) is 24.6 Å². The van der Waals surface area contributed by atoms with Gasteiger partial charge in [-0.25, -0.2) is 0 Å². The van der Waals surface area contributed by atoms with Crippen molar-refractivity contribution in [3.8, 4) is 0 Å². The molecular weight excluding hydrogens is 288 g/mol. The summed E-state index contributed by atoms with van der Waals surface area (Å²) in [6.45, 7) is 6.53. The molecule has 0 spiro atoms. The third-order valence-corrected chi connectivity index (χ3v) is 4.56. The number of carbonyl (C=O) groups excluding carboxylic acids is 1. The van der Waals surface area contributed by atoms with Crippen LogP contribution in [0.1, 0.15) is 31.4 Å². The number of aryl methyl sites for hydroxylation is 1. The van der Waals surface area contributed by atoms with Crippen molar-refractivity contribution in [1.82, 2.24) is 20.0 Å². The first kappa shape index (κ1) is 16.0. The summed E-state index contributed by atoms with van der Waals surface area (Å²) in [4.78, 5) is 14.6. The van der Waals surface area contributed by atoms with Crippen molar-refractivity contribution in [3.63, 3.8) is 0 Å². The normalized spacial score (nSPS) is 15.9. The maximum Gasteiger partial charge on any atom is 0.241 e. The van der Waals surface area contributed by atoms with Crippen LogP contribution in [0.15, 0.2) is 24.3 Å². The molecule has 5 nitrogen and oxygen atoms in total. The Bertz CT molecular complexity index is 658. The molecule has 0 saturated carbocycles. The Morgan fingerprint density at radius 1 is 1.22 bits per heavy atom. The standard InChI is InChI=1S/C18H26N4O/c1-15-16-8-3-4-9-17(16)22(20-15)14-18(23)19-10-7-13-21-11-5-2-6-12-21/h3-4,8-9H,2,5-7,10-14H2,1H3,(H,19,23). The van der Waals surface area contributed by atoms with Crippen LogP contribution in [0, 0.1) is 6.92 Å². The Kier molecular flexibility index (Phi) is 5.28. The average molecular weight is 314 g/mol. The molecule has 124 valence electrons. The Morgan fingerprint density at radius 3 is 2.83 bits per heavy atom. The van der Waals surface area contributed by atoms with Crippen LogP contribution in [-0.2, 0) is 11.3 Å². The van der Waals surface area contributed by atoms with Gasteiger partial charge in [-0.15, -0.1) is 0 Å². The van der Waals surface area contributed by atoms with Crippen LogP contribution < -0.4 is 5.32 Å². The van der Waals surface area contributed by atoms with Crippen LogP contribution in [0.3, 0.4) is 0 Å². The lowest BCUT2D eigenvalue weighted by Gasteiger charge is -2.26. The molecule has 0 atom stereocenters. The van der Waals surface area contributed by atoms with E-state index in [0.717, 1.165) is 36.1 Å². The lowest BCUT2D eigenvalue weighted by atomic mass is 10.1. The number of benzene rings is 1. The van der Waals surface area contributed by atoms with Crippen molar-refractivity contribution in [1.29, 1.82) is 0 Å². The summed E-state index contributed by atoms with van der Waals surface area (Å²) < 4.78 is 1.80. The van der Waals surface area contributed by atoms with Gasteiger partial charge in [-0.05, 0) is 51.9 Å². The molecule has 1 aromatic carbocycles. The van der Waals surface area contributed by atoms with Crippen LogP contribution in [0.4, 0.5) is 0 Å². The lowest BCUT2D eigenvalue weighted by Crippen LogP contribution is -2.34. The number of piperidine rings is 1. The summed E-state index contributed by atoms with van der Waals surface area (Å²) in [5.41, 5.74) is 1.99. The lowest BCUT2D eigenvalue weighted by molar-refractivity contribution is -0.121. The molecule has 3 rings (SSSR count). The van der Waals surface area contributed by atoms with Crippen LogP contribution in [0.2, 0.25) is 0 Å². The molecule has 1 saturated heterocycles. The number of likely N-dealkylation sites (tertiary alicyclic amines) is 1. The van der Waals surface area contributed by atoms with E-state index in [2.05, 4.69) is 15.3 Å². The summed E-state index contributed by atoms with van der Waals surface area (Å²) in [6, 6.07) is 8.04. The SMILES string of the molecule is Cc1nn(CC(=O)NCCCN2CCCCC2)c2ccccc12. The maximum atomic E-state index is 12.1. The van der Waals surface area contributed by atoms with E-state index < -0.39 is 0 Å². The first-order chi connectivity index (χ1) is 11.2. The summed E-state index contributed by atoms with van der Waals surface area (Å²) in [5.74, 6) is 0.0388. The van der Waals surface area contributed by atoms with Gasteiger partial charge in [0.25, 0.3) is 0 Å². The minimum absolute atomic E-state index is 0.0388. The van der Waals surface area contributed by atoms with Gasteiger partial charge >= 0.3 is 0 Å². The number of rotatable bonds is 6. The molecule has 23 heavy (non-hydrogen) atoms. The Hall–Kier alpha value is -1.88. The number of amides is 1. The van der Waals surface area contributed by atoms with Gasteiger partial charge in [0.2, 0.25) is 5.91 Å². The third-order valence-electron chi connectivity index (χ3n) is 4.56. The second-order valence-corrected chi connectivity index (χ2v) is 6.37. The van der Waals surface area contributed by atoms with Crippen molar-refractivity contribution in [2.45, 2.75) is 39.2 Å². The second kappa shape index (κ2) is 7.59. The molecule has 1 aromatic heterocycles. The van der Waals surface area contributed by atoms with Crippen molar-refractivity contribution < 1.29 is 4.79 Å². The van der Waals surface area contributed by atoms with Gasteiger partial charge in [0, 0.05) is 11.9 Å². The fourth-order valence-electron chi connectivity index (χ4n) is 3.32. The molecular formula is C18H26N4O. The van der Waals surface area contributed by atoms with E-state index in [1.807, 2.05) is 31.2 Å². The van der Waals surface area contributed by atoms with Gasteiger partial charge in [0.1, 0.15) is 6.54 Å². The molecule has 2 aromatic rings. The van der Waals surface area contributed by atoms with Gasteiger partial charge in [-0.2, -0.15) is 5.10 Å². The largest absolute Gasteiger partial charge is 0.354 e. The van der Waals surface area contributed by atoms with Gasteiger partial charge in [0.05, 0.1) is 11.2 Å². The number of hydrogen-bond donors (Lipinski definition) is 1. The van der Waals surface area contributed by atoms with Crippen LogP contribution in [0.25, 0.3) is 10.9 Å². The highest BCUT2D eigenvalue weighted by molar-refractivity contribution is 5.84. The highest BCUT2D eigenvalue weighted by Crippen LogP contribution is 2.17. The van der Waals surface area contributed by atoms with Crippen LogP contribution >= 0.6 is 0 Å². The minimum atomic E-state index is 0.0388. The molecule has 5 heteroatoms. The maximum absolute atomic E-state index is 12.1. The minimum Gasteiger partial charge on any atom is -0.354 e. The van der Waals surface area contributed by atoms with Gasteiger partial charge in [-0.3, -0.25) is 9.48 Å². The van der Waals surface area contributed by atoms with Crippen molar-refractivity contribution in [3.05, 3.63) is 30.0 Å². The summed E-state index contributed by atoms with van der Waals surface area (Å²) in [7, 11) is 0. The fraction of sp³-hybridized carbons (Fsp3) is 0.556. The fourth-order valence-corrected chi connectivity index (χ4v) is 3.32. The van der Waals surface area contributed by atoms with E-state index in [4.69, 9.17) is 0 Å². The van der Waals surface area contributed by atoms with E-state index in [-0.39, 0.29) is 12.5 Å².